The minimum atomic E-state index is 0.249. The Balaban J connectivity index is 2.55. The van der Waals surface area contributed by atoms with Crippen molar-refractivity contribution in [3.8, 4) is 5.75 Å². The van der Waals surface area contributed by atoms with Gasteiger partial charge in [-0.05, 0) is 29.0 Å². The number of phenolic OH excluding ortho intramolecular Hbond substituents is 1. The highest BCUT2D eigenvalue weighted by molar-refractivity contribution is 6.31. The lowest BCUT2D eigenvalue weighted by molar-refractivity contribution is 0.0864. The molecule has 0 amide bonds. The SMILES string of the molecule is CONCc1c(O)ccc2cc(Cl)ccc12. The molecule has 0 fully saturated rings. The van der Waals surface area contributed by atoms with Gasteiger partial charge in [-0.25, -0.2) is 0 Å². The molecule has 16 heavy (non-hydrogen) atoms. The minimum Gasteiger partial charge on any atom is -0.508 e. The van der Waals surface area contributed by atoms with Gasteiger partial charge in [0.25, 0.3) is 0 Å². The zero-order valence-electron chi connectivity index (χ0n) is 8.83. The summed E-state index contributed by atoms with van der Waals surface area (Å²) in [5.41, 5.74) is 3.52. The Morgan fingerprint density at radius 3 is 2.88 bits per heavy atom. The molecule has 0 aliphatic heterocycles. The summed E-state index contributed by atoms with van der Waals surface area (Å²) in [5, 5.41) is 12.4. The Labute approximate surface area is 98.6 Å². The molecule has 0 saturated heterocycles. The standard InChI is InChI=1S/C12H12ClNO2/c1-16-14-7-11-10-4-3-9(13)6-8(10)2-5-12(11)15/h2-6,14-15H,7H2,1H3. The number of fused-ring (bicyclic) bond motifs is 1. The Bertz CT molecular complexity index is 514. The molecular weight excluding hydrogens is 226 g/mol. The average Bonchev–Trinajstić information content (AvgIpc) is 2.28. The molecule has 0 radical (unpaired) electrons. The first-order chi connectivity index (χ1) is 7.72. The van der Waals surface area contributed by atoms with E-state index in [9.17, 15) is 5.11 Å². The molecule has 2 N–H and O–H groups in total. The Kier molecular flexibility index (Phi) is 3.29. The van der Waals surface area contributed by atoms with E-state index in [0.29, 0.717) is 11.6 Å². The third-order valence-corrected chi connectivity index (χ3v) is 2.70. The van der Waals surface area contributed by atoms with Crippen LogP contribution >= 0.6 is 11.6 Å². The Morgan fingerprint density at radius 1 is 1.31 bits per heavy atom. The quantitative estimate of drug-likeness (QED) is 0.807. The van der Waals surface area contributed by atoms with E-state index >= 15 is 0 Å². The lowest BCUT2D eigenvalue weighted by Crippen LogP contribution is -2.11. The van der Waals surface area contributed by atoms with Crippen molar-refractivity contribution >= 4 is 22.4 Å². The van der Waals surface area contributed by atoms with E-state index in [4.69, 9.17) is 16.4 Å². The highest BCUT2D eigenvalue weighted by Crippen LogP contribution is 2.28. The summed E-state index contributed by atoms with van der Waals surface area (Å²) < 4.78 is 0. The molecule has 2 aromatic carbocycles. The van der Waals surface area contributed by atoms with Crippen LogP contribution in [0.4, 0.5) is 0 Å². The Hall–Kier alpha value is -1.29. The predicted octanol–water partition coefficient (Wildman–Crippen LogP) is 2.85. The van der Waals surface area contributed by atoms with Gasteiger partial charge in [-0.1, -0.05) is 23.7 Å². The van der Waals surface area contributed by atoms with E-state index in [2.05, 4.69) is 5.48 Å². The van der Waals surface area contributed by atoms with Crippen LogP contribution in [-0.2, 0) is 11.4 Å². The number of rotatable bonds is 3. The normalized spacial score (nSPS) is 10.9. The zero-order valence-corrected chi connectivity index (χ0v) is 9.58. The van der Waals surface area contributed by atoms with E-state index in [-0.39, 0.29) is 5.75 Å². The number of phenols is 1. The van der Waals surface area contributed by atoms with Crippen molar-refractivity contribution < 1.29 is 9.94 Å². The second-order valence-electron chi connectivity index (χ2n) is 3.45. The van der Waals surface area contributed by atoms with E-state index < -0.39 is 0 Å². The number of hydrogen-bond donors (Lipinski definition) is 2. The number of benzene rings is 2. The van der Waals surface area contributed by atoms with Crippen LogP contribution < -0.4 is 5.48 Å². The van der Waals surface area contributed by atoms with Crippen LogP contribution in [0.15, 0.2) is 30.3 Å². The van der Waals surface area contributed by atoms with Crippen molar-refractivity contribution in [3.05, 3.63) is 40.9 Å². The first-order valence-corrected chi connectivity index (χ1v) is 5.26. The van der Waals surface area contributed by atoms with E-state index in [0.717, 1.165) is 16.3 Å². The largest absolute Gasteiger partial charge is 0.508 e. The fourth-order valence-electron chi connectivity index (χ4n) is 1.68. The van der Waals surface area contributed by atoms with Crippen LogP contribution in [0.3, 0.4) is 0 Å². The highest BCUT2D eigenvalue weighted by Gasteiger charge is 2.06. The van der Waals surface area contributed by atoms with Gasteiger partial charge in [0.05, 0.1) is 13.7 Å². The smallest absolute Gasteiger partial charge is 0.120 e. The van der Waals surface area contributed by atoms with E-state index in [1.807, 2.05) is 18.2 Å². The summed E-state index contributed by atoms with van der Waals surface area (Å²) in [5.74, 6) is 0.249. The molecule has 0 saturated carbocycles. The summed E-state index contributed by atoms with van der Waals surface area (Å²) in [7, 11) is 1.54. The van der Waals surface area contributed by atoms with E-state index in [1.165, 1.54) is 0 Å². The van der Waals surface area contributed by atoms with Crippen LogP contribution in [0.5, 0.6) is 5.75 Å². The zero-order chi connectivity index (χ0) is 11.5. The third kappa shape index (κ3) is 2.11. The van der Waals surface area contributed by atoms with Crippen molar-refractivity contribution in [1.29, 1.82) is 0 Å². The molecule has 84 valence electrons. The molecular formula is C12H12ClNO2. The first-order valence-electron chi connectivity index (χ1n) is 4.88. The van der Waals surface area contributed by atoms with Crippen LogP contribution in [0.25, 0.3) is 10.8 Å². The van der Waals surface area contributed by atoms with Crippen molar-refractivity contribution in [2.75, 3.05) is 7.11 Å². The maximum atomic E-state index is 9.78. The molecule has 0 heterocycles. The average molecular weight is 238 g/mol. The van der Waals surface area contributed by atoms with Gasteiger partial charge in [0, 0.05) is 10.6 Å². The van der Waals surface area contributed by atoms with Gasteiger partial charge in [-0.2, -0.15) is 5.48 Å². The molecule has 0 bridgehead atoms. The van der Waals surface area contributed by atoms with Crippen LogP contribution in [0.1, 0.15) is 5.56 Å². The molecule has 0 atom stereocenters. The van der Waals surface area contributed by atoms with Crippen molar-refractivity contribution in [1.82, 2.24) is 5.48 Å². The lowest BCUT2D eigenvalue weighted by Gasteiger charge is -2.09. The summed E-state index contributed by atoms with van der Waals surface area (Å²) >= 11 is 5.91. The highest BCUT2D eigenvalue weighted by atomic mass is 35.5. The summed E-state index contributed by atoms with van der Waals surface area (Å²) in [4.78, 5) is 4.79. The van der Waals surface area contributed by atoms with Gasteiger partial charge in [0.1, 0.15) is 5.75 Å². The summed E-state index contributed by atoms with van der Waals surface area (Å²) in [6, 6.07) is 9.06. The second kappa shape index (κ2) is 4.70. The van der Waals surface area contributed by atoms with Gasteiger partial charge >= 0.3 is 0 Å². The van der Waals surface area contributed by atoms with Crippen molar-refractivity contribution in [2.45, 2.75) is 6.54 Å². The molecule has 4 heteroatoms. The maximum Gasteiger partial charge on any atom is 0.120 e. The number of hydrogen-bond acceptors (Lipinski definition) is 3. The van der Waals surface area contributed by atoms with Gasteiger partial charge in [-0.3, -0.25) is 0 Å². The fraction of sp³-hybridized carbons (Fsp3) is 0.167. The molecule has 2 aromatic rings. The van der Waals surface area contributed by atoms with Crippen LogP contribution in [-0.4, -0.2) is 12.2 Å². The molecule has 0 spiro atoms. The van der Waals surface area contributed by atoms with Gasteiger partial charge in [0.2, 0.25) is 0 Å². The minimum absolute atomic E-state index is 0.249. The monoisotopic (exact) mass is 237 g/mol. The van der Waals surface area contributed by atoms with Gasteiger partial charge < -0.3 is 9.94 Å². The fourth-order valence-corrected chi connectivity index (χ4v) is 1.86. The molecule has 0 unspecified atom stereocenters. The molecule has 0 aromatic heterocycles. The van der Waals surface area contributed by atoms with Crippen LogP contribution in [0.2, 0.25) is 5.02 Å². The molecule has 0 aliphatic rings. The Morgan fingerprint density at radius 2 is 2.12 bits per heavy atom. The lowest BCUT2D eigenvalue weighted by atomic mass is 10.0. The maximum absolute atomic E-state index is 9.78. The molecule has 0 aliphatic carbocycles. The predicted molar refractivity (Wildman–Crippen MR) is 64.5 cm³/mol. The van der Waals surface area contributed by atoms with Gasteiger partial charge in [-0.15, -0.1) is 0 Å². The number of hydroxylamine groups is 1. The topological polar surface area (TPSA) is 41.5 Å². The number of halogens is 1. The van der Waals surface area contributed by atoms with Gasteiger partial charge in [0.15, 0.2) is 0 Å². The summed E-state index contributed by atoms with van der Waals surface area (Å²) in [6.07, 6.45) is 0. The third-order valence-electron chi connectivity index (χ3n) is 2.46. The van der Waals surface area contributed by atoms with Crippen molar-refractivity contribution in [2.24, 2.45) is 0 Å². The second-order valence-corrected chi connectivity index (χ2v) is 3.89. The summed E-state index contributed by atoms with van der Waals surface area (Å²) in [6.45, 7) is 0.446. The molecule has 2 rings (SSSR count). The van der Waals surface area contributed by atoms with Crippen LogP contribution in [0, 0.1) is 0 Å². The van der Waals surface area contributed by atoms with E-state index in [1.54, 1.807) is 19.2 Å². The van der Waals surface area contributed by atoms with Crippen molar-refractivity contribution in [3.63, 3.8) is 0 Å². The number of nitrogens with one attached hydrogen (secondary N) is 1. The number of aromatic hydroxyl groups is 1. The molecule has 3 nitrogen and oxygen atoms in total. The first kappa shape index (κ1) is 11.2.